The topological polar surface area (TPSA) is 58.6 Å². The van der Waals surface area contributed by atoms with E-state index < -0.39 is 5.60 Å². The van der Waals surface area contributed by atoms with Crippen molar-refractivity contribution in [1.29, 1.82) is 0 Å². The molecule has 0 aliphatic carbocycles. The first kappa shape index (κ1) is 20.8. The average molecular weight is 415 g/mol. The monoisotopic (exact) mass is 414 g/mol. The maximum Gasteiger partial charge on any atom is 0.254 e. The van der Waals surface area contributed by atoms with Gasteiger partial charge >= 0.3 is 0 Å². The zero-order chi connectivity index (χ0) is 21.7. The average Bonchev–Trinajstić information content (AvgIpc) is 2.84. The fourth-order valence-corrected chi connectivity index (χ4v) is 4.09. The number of rotatable bonds is 5. The van der Waals surface area contributed by atoms with Crippen LogP contribution < -0.4 is 5.32 Å². The summed E-state index contributed by atoms with van der Waals surface area (Å²) >= 11 is 0. The lowest BCUT2D eigenvalue weighted by Crippen LogP contribution is -2.61. The third kappa shape index (κ3) is 4.52. The van der Waals surface area contributed by atoms with Crippen LogP contribution in [-0.4, -0.2) is 49.1 Å². The quantitative estimate of drug-likeness (QED) is 0.695. The Morgan fingerprint density at radius 1 is 0.935 bits per heavy atom. The van der Waals surface area contributed by atoms with Crippen LogP contribution >= 0.6 is 0 Å². The minimum atomic E-state index is -1.13. The molecule has 0 bridgehead atoms. The SMILES string of the molecule is CNC(=O)C1(Cc2cccc(-c3ccccc3)c2)CN(C(=O)c2ccccc2)CCO1. The zero-order valence-electron chi connectivity index (χ0n) is 17.6. The van der Waals surface area contributed by atoms with Crippen LogP contribution in [0.2, 0.25) is 0 Å². The second kappa shape index (κ2) is 9.14. The highest BCUT2D eigenvalue weighted by atomic mass is 16.5. The molecule has 1 heterocycles. The fourth-order valence-electron chi connectivity index (χ4n) is 4.09. The molecule has 1 fully saturated rings. The Balaban J connectivity index is 1.61. The van der Waals surface area contributed by atoms with Crippen molar-refractivity contribution in [2.24, 2.45) is 0 Å². The number of morpholine rings is 1. The first-order valence-corrected chi connectivity index (χ1v) is 10.5. The Kier molecular flexibility index (Phi) is 6.14. The van der Waals surface area contributed by atoms with Crippen LogP contribution in [0.4, 0.5) is 0 Å². The number of hydrogen-bond acceptors (Lipinski definition) is 3. The van der Waals surface area contributed by atoms with E-state index in [2.05, 4.69) is 29.6 Å². The third-order valence-corrected chi connectivity index (χ3v) is 5.66. The molecule has 158 valence electrons. The fraction of sp³-hybridized carbons (Fsp3) is 0.231. The van der Waals surface area contributed by atoms with Crippen LogP contribution in [0.3, 0.4) is 0 Å². The number of amides is 2. The molecule has 1 saturated heterocycles. The van der Waals surface area contributed by atoms with Crippen LogP contribution in [0.15, 0.2) is 84.9 Å². The molecule has 0 saturated carbocycles. The van der Waals surface area contributed by atoms with Crippen molar-refractivity contribution < 1.29 is 14.3 Å². The minimum Gasteiger partial charge on any atom is -0.361 e. The van der Waals surface area contributed by atoms with Crippen molar-refractivity contribution in [3.8, 4) is 11.1 Å². The summed E-state index contributed by atoms with van der Waals surface area (Å²) in [5, 5.41) is 2.74. The number of carbonyl (C=O) groups excluding carboxylic acids is 2. The molecule has 5 heteroatoms. The lowest BCUT2D eigenvalue weighted by atomic mass is 9.89. The summed E-state index contributed by atoms with van der Waals surface area (Å²) in [6, 6.07) is 27.4. The molecule has 4 rings (SSSR count). The summed E-state index contributed by atoms with van der Waals surface area (Å²) in [6.07, 6.45) is 0.381. The summed E-state index contributed by atoms with van der Waals surface area (Å²) in [5.41, 5.74) is 2.66. The Hall–Kier alpha value is -3.44. The molecule has 1 aliphatic rings. The van der Waals surface area contributed by atoms with Crippen molar-refractivity contribution in [2.75, 3.05) is 26.7 Å². The molecule has 0 aromatic heterocycles. The van der Waals surface area contributed by atoms with Crippen LogP contribution in [0.5, 0.6) is 0 Å². The van der Waals surface area contributed by atoms with E-state index in [0.717, 1.165) is 16.7 Å². The number of carbonyl (C=O) groups is 2. The normalized spacial score (nSPS) is 18.4. The summed E-state index contributed by atoms with van der Waals surface area (Å²) in [6.45, 7) is 0.969. The van der Waals surface area contributed by atoms with E-state index in [1.807, 2.05) is 48.5 Å². The van der Waals surface area contributed by atoms with E-state index in [1.165, 1.54) is 0 Å². The van der Waals surface area contributed by atoms with Gasteiger partial charge in [0.15, 0.2) is 5.60 Å². The van der Waals surface area contributed by atoms with Crippen molar-refractivity contribution in [2.45, 2.75) is 12.0 Å². The molecule has 2 amide bonds. The van der Waals surface area contributed by atoms with Crippen molar-refractivity contribution in [3.63, 3.8) is 0 Å². The maximum atomic E-state index is 13.0. The molecular formula is C26H26N2O3. The van der Waals surface area contributed by atoms with Gasteiger partial charge in [-0.1, -0.05) is 72.8 Å². The molecule has 0 spiro atoms. The van der Waals surface area contributed by atoms with E-state index in [-0.39, 0.29) is 18.4 Å². The molecule has 1 atom stereocenters. The molecule has 1 N–H and O–H groups in total. The molecule has 3 aromatic rings. The second-order valence-electron chi connectivity index (χ2n) is 7.76. The first-order chi connectivity index (χ1) is 15.1. The molecule has 5 nitrogen and oxygen atoms in total. The zero-order valence-corrected chi connectivity index (χ0v) is 17.6. The highest BCUT2D eigenvalue weighted by molar-refractivity contribution is 5.95. The van der Waals surface area contributed by atoms with Crippen LogP contribution in [0, 0.1) is 0 Å². The number of nitrogens with one attached hydrogen (secondary N) is 1. The molecule has 1 aliphatic heterocycles. The van der Waals surface area contributed by atoms with Crippen molar-refractivity contribution in [3.05, 3.63) is 96.1 Å². The van der Waals surface area contributed by atoms with Gasteiger partial charge in [0.05, 0.1) is 13.2 Å². The Morgan fingerprint density at radius 2 is 1.61 bits per heavy atom. The van der Waals surface area contributed by atoms with Gasteiger partial charge in [0.2, 0.25) is 0 Å². The summed E-state index contributed by atoms with van der Waals surface area (Å²) in [7, 11) is 1.60. The van der Waals surface area contributed by atoms with E-state index >= 15 is 0 Å². The van der Waals surface area contributed by atoms with Gasteiger partial charge in [-0.3, -0.25) is 9.59 Å². The maximum absolute atomic E-state index is 13.0. The molecule has 31 heavy (non-hydrogen) atoms. The number of nitrogens with zero attached hydrogens (tertiary/aromatic N) is 1. The van der Waals surface area contributed by atoms with Gasteiger partial charge in [-0.2, -0.15) is 0 Å². The van der Waals surface area contributed by atoms with Gasteiger partial charge in [-0.25, -0.2) is 0 Å². The summed E-state index contributed by atoms with van der Waals surface area (Å²) in [4.78, 5) is 27.7. The number of likely N-dealkylation sites (N-methyl/N-ethyl adjacent to an activating group) is 1. The smallest absolute Gasteiger partial charge is 0.254 e. The lowest BCUT2D eigenvalue weighted by molar-refractivity contribution is -0.156. The highest BCUT2D eigenvalue weighted by Crippen LogP contribution is 2.27. The molecule has 3 aromatic carbocycles. The van der Waals surface area contributed by atoms with E-state index in [0.29, 0.717) is 25.1 Å². The predicted molar refractivity (Wildman–Crippen MR) is 121 cm³/mol. The molecular weight excluding hydrogens is 388 g/mol. The Morgan fingerprint density at radius 3 is 2.32 bits per heavy atom. The number of hydrogen-bond donors (Lipinski definition) is 1. The van der Waals surface area contributed by atoms with Gasteiger partial charge in [0.25, 0.3) is 11.8 Å². The lowest BCUT2D eigenvalue weighted by Gasteiger charge is -2.41. The van der Waals surface area contributed by atoms with Crippen molar-refractivity contribution in [1.82, 2.24) is 10.2 Å². The minimum absolute atomic E-state index is 0.0878. The van der Waals surface area contributed by atoms with Gasteiger partial charge in [0.1, 0.15) is 0 Å². The van der Waals surface area contributed by atoms with Crippen molar-refractivity contribution >= 4 is 11.8 Å². The number of ether oxygens (including phenoxy) is 1. The van der Waals surface area contributed by atoms with Crippen LogP contribution in [-0.2, 0) is 16.0 Å². The molecule has 0 radical (unpaired) electrons. The summed E-state index contributed by atoms with van der Waals surface area (Å²) in [5.74, 6) is -0.307. The highest BCUT2D eigenvalue weighted by Gasteiger charge is 2.44. The molecule has 1 unspecified atom stereocenters. The van der Waals surface area contributed by atoms with E-state index in [9.17, 15) is 9.59 Å². The van der Waals surface area contributed by atoms with E-state index in [1.54, 1.807) is 24.1 Å². The van der Waals surface area contributed by atoms with Crippen LogP contribution in [0.1, 0.15) is 15.9 Å². The third-order valence-electron chi connectivity index (χ3n) is 5.66. The van der Waals surface area contributed by atoms with Crippen LogP contribution in [0.25, 0.3) is 11.1 Å². The second-order valence-corrected chi connectivity index (χ2v) is 7.76. The van der Waals surface area contributed by atoms with Gasteiger partial charge in [-0.15, -0.1) is 0 Å². The largest absolute Gasteiger partial charge is 0.361 e. The predicted octanol–water partition coefficient (Wildman–Crippen LogP) is 3.55. The standard InChI is InChI=1S/C26H26N2O3/c1-27-25(30)26(18-20-9-8-14-23(17-20)21-10-4-2-5-11-21)19-28(15-16-31-26)24(29)22-12-6-3-7-13-22/h2-14,17H,15-16,18-19H2,1H3,(H,27,30). The Bertz CT molecular complexity index is 1050. The van der Waals surface area contributed by atoms with Gasteiger partial charge < -0.3 is 15.0 Å². The van der Waals surface area contributed by atoms with Gasteiger partial charge in [0, 0.05) is 25.6 Å². The van der Waals surface area contributed by atoms with E-state index in [4.69, 9.17) is 4.74 Å². The van der Waals surface area contributed by atoms with Gasteiger partial charge in [-0.05, 0) is 28.8 Å². The first-order valence-electron chi connectivity index (χ1n) is 10.5. The summed E-state index contributed by atoms with van der Waals surface area (Å²) < 4.78 is 6.08. The number of benzene rings is 3. The Labute approximate surface area is 182 Å².